The van der Waals surface area contributed by atoms with E-state index in [-0.39, 0.29) is 0 Å². The fraction of sp³-hybridized carbons (Fsp3) is 0.375. The number of ether oxygens (including phenoxy) is 1. The summed E-state index contributed by atoms with van der Waals surface area (Å²) in [5, 5.41) is 8.07. The van der Waals surface area contributed by atoms with Crippen LogP contribution in [0.2, 0.25) is 0 Å². The van der Waals surface area contributed by atoms with Gasteiger partial charge in [0.25, 0.3) is 0 Å². The molecule has 5 nitrogen and oxygen atoms in total. The number of aryl methyl sites for hydroxylation is 1. The maximum absolute atomic E-state index is 5.54. The van der Waals surface area contributed by atoms with Gasteiger partial charge in [-0.15, -0.1) is 0 Å². The van der Waals surface area contributed by atoms with Crippen molar-refractivity contribution in [2.45, 2.75) is 38.9 Å². The highest BCUT2D eigenvalue weighted by molar-refractivity contribution is 5.48. The molecule has 0 bridgehead atoms. The van der Waals surface area contributed by atoms with Crippen molar-refractivity contribution >= 4 is 5.69 Å². The van der Waals surface area contributed by atoms with E-state index in [0.29, 0.717) is 6.04 Å². The van der Waals surface area contributed by atoms with Gasteiger partial charge in [-0.1, -0.05) is 18.2 Å². The Morgan fingerprint density at radius 2 is 1.97 bits per heavy atom. The zero-order valence-electron chi connectivity index (χ0n) is 17.3. The highest BCUT2D eigenvalue weighted by atomic mass is 16.5. The second-order valence-electron chi connectivity index (χ2n) is 7.83. The number of rotatable bonds is 7. The van der Waals surface area contributed by atoms with Gasteiger partial charge >= 0.3 is 0 Å². The minimum absolute atomic E-state index is 0.563. The fourth-order valence-corrected chi connectivity index (χ4v) is 4.06. The number of anilines is 1. The van der Waals surface area contributed by atoms with Crippen LogP contribution < -0.4 is 15.0 Å². The normalized spacial score (nSPS) is 14.9. The van der Waals surface area contributed by atoms with E-state index in [2.05, 4.69) is 64.7 Å². The summed E-state index contributed by atoms with van der Waals surface area (Å²) in [5.74, 6) is 0.913. The number of hydrogen-bond acceptors (Lipinski definition) is 4. The molecule has 3 aromatic rings. The molecular formula is C24H30N4O. The van der Waals surface area contributed by atoms with E-state index in [4.69, 9.17) is 4.74 Å². The molecule has 1 N–H and O–H groups in total. The van der Waals surface area contributed by atoms with Crippen molar-refractivity contribution in [1.82, 2.24) is 15.1 Å². The van der Waals surface area contributed by atoms with Crippen LogP contribution in [0.3, 0.4) is 0 Å². The first-order valence-corrected chi connectivity index (χ1v) is 10.4. The summed E-state index contributed by atoms with van der Waals surface area (Å²) in [6.45, 7) is 5.97. The molecule has 1 saturated heterocycles. The summed E-state index contributed by atoms with van der Waals surface area (Å²) in [6, 6.07) is 17.8. The second kappa shape index (κ2) is 9.14. The largest absolute Gasteiger partial charge is 0.496 e. The number of benzene rings is 2. The Labute approximate surface area is 173 Å². The molecule has 0 aliphatic carbocycles. The number of nitrogens with zero attached hydrogens (tertiary/aromatic N) is 3. The summed E-state index contributed by atoms with van der Waals surface area (Å²) >= 11 is 0. The van der Waals surface area contributed by atoms with Crippen LogP contribution in [0.5, 0.6) is 5.75 Å². The Morgan fingerprint density at radius 1 is 1.10 bits per heavy atom. The molecule has 0 unspecified atom stereocenters. The van der Waals surface area contributed by atoms with Crippen LogP contribution in [0, 0.1) is 6.92 Å². The quantitative estimate of drug-likeness (QED) is 0.662. The lowest BCUT2D eigenvalue weighted by molar-refractivity contribution is 0.405. The first kappa shape index (κ1) is 19.5. The van der Waals surface area contributed by atoms with Crippen molar-refractivity contribution in [3.63, 3.8) is 0 Å². The summed E-state index contributed by atoms with van der Waals surface area (Å²) in [7, 11) is 1.72. The summed E-state index contributed by atoms with van der Waals surface area (Å²) < 4.78 is 7.47. The van der Waals surface area contributed by atoms with Gasteiger partial charge in [-0.3, -0.25) is 4.68 Å². The third-order valence-corrected chi connectivity index (χ3v) is 5.69. The third kappa shape index (κ3) is 4.98. The zero-order chi connectivity index (χ0) is 20.1. The molecule has 0 spiro atoms. The van der Waals surface area contributed by atoms with Crippen LogP contribution in [-0.4, -0.2) is 36.0 Å². The zero-order valence-corrected chi connectivity index (χ0v) is 17.3. The molecule has 2 heterocycles. The molecular weight excluding hydrogens is 360 g/mol. The van der Waals surface area contributed by atoms with Crippen molar-refractivity contribution in [3.05, 3.63) is 77.6 Å². The Balaban J connectivity index is 1.32. The molecule has 1 fully saturated rings. The average molecular weight is 391 g/mol. The minimum atomic E-state index is 0.563. The molecule has 1 aromatic heterocycles. The van der Waals surface area contributed by atoms with Gasteiger partial charge in [-0.2, -0.15) is 5.10 Å². The first-order valence-electron chi connectivity index (χ1n) is 10.4. The third-order valence-electron chi connectivity index (χ3n) is 5.69. The Kier molecular flexibility index (Phi) is 6.15. The molecule has 152 valence electrons. The van der Waals surface area contributed by atoms with Crippen LogP contribution >= 0.6 is 0 Å². The summed E-state index contributed by atoms with van der Waals surface area (Å²) in [4.78, 5) is 2.50. The molecule has 2 aromatic carbocycles. The van der Waals surface area contributed by atoms with Crippen LogP contribution in [0.25, 0.3) is 0 Å². The van der Waals surface area contributed by atoms with Crippen LogP contribution in [0.1, 0.15) is 29.5 Å². The lowest BCUT2D eigenvalue weighted by atomic mass is 10.0. The number of aromatic nitrogens is 2. The predicted molar refractivity (Wildman–Crippen MR) is 118 cm³/mol. The lowest BCUT2D eigenvalue weighted by Crippen LogP contribution is -2.42. The topological polar surface area (TPSA) is 42.3 Å². The molecule has 0 saturated carbocycles. The Morgan fingerprint density at radius 3 is 2.69 bits per heavy atom. The minimum Gasteiger partial charge on any atom is -0.496 e. The van der Waals surface area contributed by atoms with E-state index in [1.54, 1.807) is 13.3 Å². The summed E-state index contributed by atoms with van der Waals surface area (Å²) in [6.07, 6.45) is 6.13. The molecule has 1 aliphatic rings. The lowest BCUT2D eigenvalue weighted by Gasteiger charge is -2.34. The molecule has 0 radical (unpaired) electrons. The van der Waals surface area contributed by atoms with Crippen molar-refractivity contribution in [1.29, 1.82) is 0 Å². The molecule has 0 amide bonds. The van der Waals surface area contributed by atoms with Gasteiger partial charge in [0.1, 0.15) is 5.75 Å². The monoisotopic (exact) mass is 390 g/mol. The van der Waals surface area contributed by atoms with Crippen molar-refractivity contribution in [3.8, 4) is 5.75 Å². The number of nitrogens with one attached hydrogen (secondary N) is 1. The summed E-state index contributed by atoms with van der Waals surface area (Å²) in [5.41, 5.74) is 5.12. The van der Waals surface area contributed by atoms with Crippen molar-refractivity contribution < 1.29 is 4.74 Å². The standard InChI is InChI=1S/C24H30N4O/c1-19-5-3-6-23(15-19)27-13-9-22(10-14-27)25-17-20-7-8-24(29-2)21(16-20)18-28-12-4-11-26-28/h3-8,11-12,15-16,22,25H,9-10,13-14,17-18H2,1-2H3. The maximum atomic E-state index is 5.54. The van der Waals surface area contributed by atoms with Crippen molar-refractivity contribution in [2.75, 3.05) is 25.1 Å². The van der Waals surface area contributed by atoms with Gasteiger partial charge in [-0.25, -0.2) is 0 Å². The Bertz CT molecular complexity index is 914. The fourth-order valence-electron chi connectivity index (χ4n) is 4.06. The maximum Gasteiger partial charge on any atom is 0.123 e. The van der Waals surface area contributed by atoms with Crippen LogP contribution in [0.4, 0.5) is 5.69 Å². The molecule has 29 heavy (non-hydrogen) atoms. The van der Waals surface area contributed by atoms with E-state index in [1.165, 1.54) is 29.7 Å². The molecule has 5 heteroatoms. The van der Waals surface area contributed by atoms with Crippen LogP contribution in [-0.2, 0) is 13.1 Å². The van der Waals surface area contributed by atoms with Gasteiger partial charge in [0.2, 0.25) is 0 Å². The van der Waals surface area contributed by atoms with Crippen molar-refractivity contribution in [2.24, 2.45) is 0 Å². The van der Waals surface area contributed by atoms with E-state index in [1.807, 2.05) is 16.9 Å². The van der Waals surface area contributed by atoms with Gasteiger partial charge in [0.05, 0.1) is 13.7 Å². The van der Waals surface area contributed by atoms with E-state index in [9.17, 15) is 0 Å². The van der Waals surface area contributed by atoms with Gasteiger partial charge in [-0.05, 0) is 61.2 Å². The molecule has 1 aliphatic heterocycles. The van der Waals surface area contributed by atoms with Gasteiger partial charge in [0.15, 0.2) is 0 Å². The number of methoxy groups -OCH3 is 1. The van der Waals surface area contributed by atoms with E-state index < -0.39 is 0 Å². The van der Waals surface area contributed by atoms with E-state index >= 15 is 0 Å². The highest BCUT2D eigenvalue weighted by Crippen LogP contribution is 2.23. The molecule has 0 atom stereocenters. The SMILES string of the molecule is COc1ccc(CNC2CCN(c3cccc(C)c3)CC2)cc1Cn1cccn1. The van der Waals surface area contributed by atoms with Gasteiger partial charge in [0, 0.05) is 49.3 Å². The highest BCUT2D eigenvalue weighted by Gasteiger charge is 2.19. The predicted octanol–water partition coefficient (Wildman–Crippen LogP) is 4.01. The average Bonchev–Trinajstić information content (AvgIpc) is 3.26. The number of hydrogen-bond donors (Lipinski definition) is 1. The first-order chi connectivity index (χ1) is 14.2. The van der Waals surface area contributed by atoms with E-state index in [0.717, 1.165) is 37.5 Å². The van der Waals surface area contributed by atoms with Gasteiger partial charge < -0.3 is 15.0 Å². The van der Waals surface area contributed by atoms with Crippen LogP contribution in [0.15, 0.2) is 60.9 Å². The smallest absolute Gasteiger partial charge is 0.123 e. The Hall–Kier alpha value is -2.79. The molecule has 4 rings (SSSR count). The number of piperidine rings is 1. The second-order valence-corrected chi connectivity index (χ2v) is 7.83.